The number of aryl methyl sites for hydroxylation is 1. The van der Waals surface area contributed by atoms with Gasteiger partial charge in [-0.2, -0.15) is 0 Å². The third kappa shape index (κ3) is 3.43. The number of aliphatic imine (C=N–C) groups is 1. The molecule has 1 atom stereocenters. The molecule has 6 heteroatoms. The lowest BCUT2D eigenvalue weighted by molar-refractivity contribution is -0.969. The number of nitrogens with zero attached hydrogens (tertiary/aromatic N) is 2. The second-order valence-corrected chi connectivity index (χ2v) is 4.59. The molecular formula is C13H18N3O3+. The summed E-state index contributed by atoms with van der Waals surface area (Å²) in [6, 6.07) is 8.82. The molecule has 6 nitrogen and oxygen atoms in total. The number of rotatable bonds is 1. The summed E-state index contributed by atoms with van der Waals surface area (Å²) in [6.45, 7) is 1.97. The number of hydrogen-bond donors (Lipinski definition) is 3. The molecule has 0 saturated carbocycles. The maximum absolute atomic E-state index is 8.47. The van der Waals surface area contributed by atoms with E-state index in [0.29, 0.717) is 5.92 Å². The molecule has 102 valence electrons. The van der Waals surface area contributed by atoms with Crippen molar-refractivity contribution < 1.29 is 15.5 Å². The van der Waals surface area contributed by atoms with Crippen molar-refractivity contribution in [3.63, 3.8) is 0 Å². The Morgan fingerprint density at radius 2 is 2.05 bits per heavy atom. The van der Waals surface area contributed by atoms with E-state index in [2.05, 4.69) is 34.6 Å². The normalized spacial score (nSPS) is 20.4. The van der Waals surface area contributed by atoms with Gasteiger partial charge in [-0.15, -0.1) is 0 Å². The Hall–Kier alpha value is -2.11. The average Bonchev–Trinajstić information content (AvgIpc) is 2.91. The highest BCUT2D eigenvalue weighted by Crippen LogP contribution is 2.32. The van der Waals surface area contributed by atoms with Gasteiger partial charge < -0.3 is 5.32 Å². The summed E-state index contributed by atoms with van der Waals surface area (Å²) in [4.78, 5) is 13.0. The van der Waals surface area contributed by atoms with Crippen molar-refractivity contribution in [1.82, 2.24) is 5.32 Å². The molecule has 1 heterocycles. The summed E-state index contributed by atoms with van der Waals surface area (Å²) in [5, 5.41) is 15.9. The maximum atomic E-state index is 8.47. The summed E-state index contributed by atoms with van der Waals surface area (Å²) in [6.07, 6.45) is 3.78. The van der Waals surface area contributed by atoms with Crippen LogP contribution in [0.4, 0.5) is 0 Å². The van der Waals surface area contributed by atoms with Crippen molar-refractivity contribution in [2.24, 2.45) is 4.99 Å². The van der Waals surface area contributed by atoms with Crippen molar-refractivity contribution in [2.45, 2.75) is 25.2 Å². The van der Waals surface area contributed by atoms with Gasteiger partial charge in [0.05, 0.1) is 6.54 Å². The van der Waals surface area contributed by atoms with E-state index in [1.807, 2.05) is 0 Å². The fourth-order valence-corrected chi connectivity index (χ4v) is 2.69. The number of nitrogens with one attached hydrogen (secondary N) is 1. The largest absolute Gasteiger partial charge is 0.472 e. The highest BCUT2D eigenvalue weighted by atomic mass is 16.9. The molecule has 0 aromatic heterocycles. The second kappa shape index (κ2) is 6.17. The zero-order valence-electron chi connectivity index (χ0n) is 10.6. The zero-order valence-corrected chi connectivity index (χ0v) is 10.6. The van der Waals surface area contributed by atoms with Crippen molar-refractivity contribution in [3.05, 3.63) is 40.3 Å². The van der Waals surface area contributed by atoms with Gasteiger partial charge in [0.2, 0.25) is 0 Å². The monoisotopic (exact) mass is 264 g/mol. The van der Waals surface area contributed by atoms with Gasteiger partial charge in [-0.05, 0) is 30.4 Å². The molecule has 0 amide bonds. The van der Waals surface area contributed by atoms with E-state index in [1.165, 1.54) is 36.2 Å². The van der Waals surface area contributed by atoms with Crippen molar-refractivity contribution in [1.29, 1.82) is 0 Å². The Kier molecular flexibility index (Phi) is 4.33. The minimum absolute atomic E-state index is 0.539. The van der Waals surface area contributed by atoms with E-state index in [1.54, 1.807) is 0 Å². The van der Waals surface area contributed by atoms with Crippen LogP contribution in [0.25, 0.3) is 0 Å². The van der Waals surface area contributed by atoms with E-state index in [9.17, 15) is 0 Å². The smallest absolute Gasteiger partial charge is 0.371 e. The van der Waals surface area contributed by atoms with Gasteiger partial charge in [0.25, 0.3) is 0 Å². The molecule has 1 aromatic rings. The van der Waals surface area contributed by atoms with Gasteiger partial charge in [-0.3, -0.25) is 4.99 Å². The Morgan fingerprint density at radius 3 is 2.74 bits per heavy atom. The molecule has 3 N–H and O–H groups in total. The molecule has 1 aliphatic heterocycles. The summed E-state index contributed by atoms with van der Waals surface area (Å²) in [5.74, 6) is 1.76. The molecule has 1 unspecified atom stereocenters. The quantitative estimate of drug-likeness (QED) is 0.673. The Labute approximate surface area is 111 Å². The summed E-state index contributed by atoms with van der Waals surface area (Å²) >= 11 is 0. The van der Waals surface area contributed by atoms with Crippen LogP contribution in [0.2, 0.25) is 0 Å². The number of amidine groups is 1. The Balaban J connectivity index is 0.000000297. The first-order valence-electron chi connectivity index (χ1n) is 6.39. The number of benzene rings is 1. The molecule has 1 aliphatic carbocycles. The maximum Gasteiger partial charge on any atom is 0.472 e. The van der Waals surface area contributed by atoms with E-state index in [4.69, 9.17) is 15.3 Å². The molecule has 3 rings (SSSR count). The highest BCUT2D eigenvalue weighted by molar-refractivity contribution is 5.90. The second-order valence-electron chi connectivity index (χ2n) is 4.59. The van der Waals surface area contributed by atoms with Gasteiger partial charge in [-0.1, -0.05) is 24.3 Å². The zero-order chi connectivity index (χ0) is 13.7. The van der Waals surface area contributed by atoms with Crippen LogP contribution in [0.3, 0.4) is 0 Å². The average molecular weight is 264 g/mol. The van der Waals surface area contributed by atoms with Gasteiger partial charge in [0.1, 0.15) is 10.7 Å². The van der Waals surface area contributed by atoms with E-state index in [-0.39, 0.29) is 0 Å². The van der Waals surface area contributed by atoms with Crippen molar-refractivity contribution >= 4 is 5.84 Å². The summed E-state index contributed by atoms with van der Waals surface area (Å²) in [7, 11) is 0. The van der Waals surface area contributed by atoms with Gasteiger partial charge in [0, 0.05) is 12.5 Å². The van der Waals surface area contributed by atoms with Gasteiger partial charge in [0.15, 0.2) is 0 Å². The lowest BCUT2D eigenvalue weighted by Crippen LogP contribution is -2.28. The highest BCUT2D eigenvalue weighted by Gasteiger charge is 2.25. The van der Waals surface area contributed by atoms with Crippen LogP contribution in [-0.4, -0.2) is 34.4 Å². The lowest BCUT2D eigenvalue weighted by Gasteiger charge is -2.25. The van der Waals surface area contributed by atoms with Crippen LogP contribution in [0.1, 0.15) is 29.9 Å². The predicted molar refractivity (Wildman–Crippen MR) is 69.6 cm³/mol. The van der Waals surface area contributed by atoms with E-state index in [0.717, 1.165) is 13.1 Å². The first-order chi connectivity index (χ1) is 9.18. The fraction of sp³-hybridized carbons (Fsp3) is 0.462. The van der Waals surface area contributed by atoms with Crippen LogP contribution in [0.15, 0.2) is 29.3 Å². The van der Waals surface area contributed by atoms with E-state index >= 15 is 0 Å². The minimum atomic E-state index is -1.25. The van der Waals surface area contributed by atoms with Gasteiger partial charge in [-0.25, -0.2) is 10.4 Å². The summed E-state index contributed by atoms with van der Waals surface area (Å²) < 4.78 is 0. The number of hydrogen-bond acceptors (Lipinski definition) is 3. The van der Waals surface area contributed by atoms with Crippen LogP contribution < -0.4 is 5.32 Å². The standard InChI is InChI=1S/C13H16N2.H2NO3/c1-2-6-11-10(4-1)5-3-7-12(11)13-14-8-9-15-13;2-1(3)4/h1-2,4,6,12H,3,5,7-9H2,(H,14,15);(H2,2,3,4)/q;+1. The first-order valence-corrected chi connectivity index (χ1v) is 6.39. The van der Waals surface area contributed by atoms with Crippen molar-refractivity contribution in [2.75, 3.05) is 13.1 Å². The van der Waals surface area contributed by atoms with Crippen LogP contribution in [0.5, 0.6) is 0 Å². The molecule has 0 bridgehead atoms. The van der Waals surface area contributed by atoms with Gasteiger partial charge >= 0.3 is 5.09 Å². The first kappa shape index (κ1) is 13.3. The molecular weight excluding hydrogens is 246 g/mol. The summed E-state index contributed by atoms with van der Waals surface area (Å²) in [5.41, 5.74) is 3.02. The number of fused-ring (bicyclic) bond motifs is 1. The van der Waals surface area contributed by atoms with Crippen LogP contribution in [-0.2, 0) is 6.42 Å². The third-order valence-electron chi connectivity index (χ3n) is 3.40. The van der Waals surface area contributed by atoms with Crippen molar-refractivity contribution in [3.8, 4) is 0 Å². The molecule has 0 spiro atoms. The molecule has 0 fully saturated rings. The third-order valence-corrected chi connectivity index (χ3v) is 3.40. The topological polar surface area (TPSA) is 84.9 Å². The SMILES string of the molecule is O=[N+](O)O.c1ccc2c(c1)CCCC2C1=NCCN1. The predicted octanol–water partition coefficient (Wildman–Crippen LogP) is 1.65. The van der Waals surface area contributed by atoms with E-state index < -0.39 is 5.09 Å². The lowest BCUT2D eigenvalue weighted by atomic mass is 9.82. The molecule has 2 aliphatic rings. The molecule has 19 heavy (non-hydrogen) atoms. The molecule has 0 saturated heterocycles. The molecule has 0 radical (unpaired) electrons. The fourth-order valence-electron chi connectivity index (χ4n) is 2.69. The Bertz CT molecular complexity index is 484. The van der Waals surface area contributed by atoms with Crippen LogP contribution in [0, 0.1) is 4.91 Å². The van der Waals surface area contributed by atoms with Crippen LogP contribution >= 0.6 is 0 Å². The minimum Gasteiger partial charge on any atom is -0.371 e. The molecule has 1 aromatic carbocycles. The Morgan fingerprint density at radius 1 is 1.32 bits per heavy atom.